The number of hydrogen-bond donors (Lipinski definition) is 7. The third-order valence-corrected chi connectivity index (χ3v) is 2.96. The smallest absolute Gasteiger partial charge is 0.414 e. The van der Waals surface area contributed by atoms with Crippen LogP contribution in [0.2, 0.25) is 0 Å². The van der Waals surface area contributed by atoms with Gasteiger partial charge in [0.15, 0.2) is 0 Å². The SMILES string of the molecule is CC(C)C(=O)NCCNCC(O)c1cc(O)cc(O)c1.O=C(O)C(=O)O. The highest BCUT2D eigenvalue weighted by Crippen LogP contribution is 2.24. The van der Waals surface area contributed by atoms with E-state index in [9.17, 15) is 20.1 Å². The van der Waals surface area contributed by atoms with E-state index < -0.39 is 18.0 Å². The molecule has 0 heterocycles. The number of phenolic OH excluding ortho intramolecular Hbond substituents is 2. The van der Waals surface area contributed by atoms with Crippen molar-refractivity contribution in [3.63, 3.8) is 0 Å². The third-order valence-electron chi connectivity index (χ3n) is 2.96. The lowest BCUT2D eigenvalue weighted by Crippen LogP contribution is -2.35. The first-order valence-corrected chi connectivity index (χ1v) is 7.70. The lowest BCUT2D eigenvalue weighted by Gasteiger charge is -2.13. The Morgan fingerprint density at radius 1 is 0.962 bits per heavy atom. The first-order chi connectivity index (χ1) is 12.0. The number of benzene rings is 1. The van der Waals surface area contributed by atoms with Gasteiger partial charge in [-0.15, -0.1) is 0 Å². The van der Waals surface area contributed by atoms with Gasteiger partial charge in [-0.05, 0) is 17.7 Å². The maximum atomic E-state index is 11.3. The number of aliphatic hydroxyl groups is 1. The second kappa shape index (κ2) is 11.7. The van der Waals surface area contributed by atoms with E-state index in [4.69, 9.17) is 19.8 Å². The normalized spacial score (nSPS) is 11.2. The van der Waals surface area contributed by atoms with Gasteiger partial charge in [0.25, 0.3) is 0 Å². The second-order valence-corrected chi connectivity index (χ2v) is 5.56. The second-order valence-electron chi connectivity index (χ2n) is 5.56. The van der Waals surface area contributed by atoms with Crippen molar-refractivity contribution in [2.75, 3.05) is 19.6 Å². The fourth-order valence-electron chi connectivity index (χ4n) is 1.65. The van der Waals surface area contributed by atoms with Gasteiger partial charge in [-0.2, -0.15) is 0 Å². The number of aromatic hydroxyl groups is 2. The van der Waals surface area contributed by atoms with Crippen LogP contribution in [0.3, 0.4) is 0 Å². The summed E-state index contributed by atoms with van der Waals surface area (Å²) in [5.41, 5.74) is 0.432. The number of aliphatic carboxylic acids is 2. The number of carbonyl (C=O) groups excluding carboxylic acids is 1. The van der Waals surface area contributed by atoms with Crippen LogP contribution in [0.1, 0.15) is 25.5 Å². The van der Waals surface area contributed by atoms with Gasteiger partial charge in [0.05, 0.1) is 6.10 Å². The molecule has 0 aliphatic carbocycles. The molecule has 1 aromatic carbocycles. The molecule has 0 saturated carbocycles. The molecule has 1 rings (SSSR count). The van der Waals surface area contributed by atoms with Crippen LogP contribution in [0.5, 0.6) is 11.5 Å². The van der Waals surface area contributed by atoms with Crippen LogP contribution in [0, 0.1) is 5.92 Å². The summed E-state index contributed by atoms with van der Waals surface area (Å²) in [6.45, 7) is 4.91. The topological polar surface area (TPSA) is 176 Å². The summed E-state index contributed by atoms with van der Waals surface area (Å²) in [7, 11) is 0. The van der Waals surface area contributed by atoms with Gasteiger partial charge in [0.1, 0.15) is 11.5 Å². The molecule has 10 nitrogen and oxygen atoms in total. The van der Waals surface area contributed by atoms with E-state index in [0.717, 1.165) is 0 Å². The molecule has 26 heavy (non-hydrogen) atoms. The first-order valence-electron chi connectivity index (χ1n) is 7.70. The van der Waals surface area contributed by atoms with Crippen molar-refractivity contribution in [3.8, 4) is 11.5 Å². The Kier molecular flexibility index (Phi) is 10.4. The quantitative estimate of drug-likeness (QED) is 0.249. The standard InChI is InChI=1S/C14H22N2O4.C2H2O4/c1-9(2)14(20)16-4-3-15-8-13(19)10-5-11(17)7-12(18)6-10;3-1(4)2(5)6/h5-7,9,13,15,17-19H,3-4,8H2,1-2H3,(H,16,20);(H,3,4)(H,5,6). The van der Waals surface area contributed by atoms with Crippen LogP contribution in [-0.2, 0) is 14.4 Å². The van der Waals surface area contributed by atoms with Gasteiger partial charge in [-0.3, -0.25) is 4.79 Å². The Balaban J connectivity index is 0.000000896. The van der Waals surface area contributed by atoms with E-state index in [-0.39, 0.29) is 29.9 Å². The van der Waals surface area contributed by atoms with Crippen molar-refractivity contribution >= 4 is 17.8 Å². The molecule has 0 radical (unpaired) electrons. The molecule has 0 spiro atoms. The van der Waals surface area contributed by atoms with Crippen molar-refractivity contribution in [1.82, 2.24) is 10.6 Å². The van der Waals surface area contributed by atoms with Crippen LogP contribution >= 0.6 is 0 Å². The van der Waals surface area contributed by atoms with Gasteiger partial charge in [-0.1, -0.05) is 13.8 Å². The van der Waals surface area contributed by atoms with E-state index in [2.05, 4.69) is 10.6 Å². The molecule has 0 fully saturated rings. The van der Waals surface area contributed by atoms with E-state index >= 15 is 0 Å². The highest BCUT2D eigenvalue weighted by Gasteiger charge is 2.10. The molecule has 1 atom stereocenters. The van der Waals surface area contributed by atoms with Crippen molar-refractivity contribution in [2.24, 2.45) is 5.92 Å². The van der Waals surface area contributed by atoms with Gasteiger partial charge in [0.2, 0.25) is 5.91 Å². The van der Waals surface area contributed by atoms with Gasteiger partial charge < -0.3 is 36.2 Å². The number of carboxylic acid groups (broad SMARTS) is 2. The lowest BCUT2D eigenvalue weighted by molar-refractivity contribution is -0.159. The zero-order valence-corrected chi connectivity index (χ0v) is 14.5. The summed E-state index contributed by atoms with van der Waals surface area (Å²) in [5, 5.41) is 49.1. The minimum atomic E-state index is -1.82. The molecule has 146 valence electrons. The Labute approximate surface area is 150 Å². The summed E-state index contributed by atoms with van der Waals surface area (Å²) in [4.78, 5) is 29.5. The van der Waals surface area contributed by atoms with Crippen LogP contribution in [0.25, 0.3) is 0 Å². The van der Waals surface area contributed by atoms with Gasteiger partial charge in [0, 0.05) is 31.6 Å². The van der Waals surface area contributed by atoms with Crippen LogP contribution in [-0.4, -0.2) is 63.0 Å². The maximum Gasteiger partial charge on any atom is 0.414 e. The highest BCUT2D eigenvalue weighted by molar-refractivity contribution is 6.27. The number of hydrogen-bond acceptors (Lipinski definition) is 7. The number of aliphatic hydroxyl groups excluding tert-OH is 1. The number of nitrogens with one attached hydrogen (secondary N) is 2. The Morgan fingerprint density at radius 2 is 1.46 bits per heavy atom. The summed E-state index contributed by atoms with van der Waals surface area (Å²) in [6.07, 6.45) is -0.839. The monoisotopic (exact) mass is 372 g/mol. The first kappa shape index (κ1) is 23.1. The average Bonchev–Trinajstić information content (AvgIpc) is 2.53. The number of carbonyl (C=O) groups is 3. The molecule has 7 N–H and O–H groups in total. The fourth-order valence-corrected chi connectivity index (χ4v) is 1.65. The average molecular weight is 372 g/mol. The number of phenols is 2. The van der Waals surface area contributed by atoms with Crippen LogP contribution < -0.4 is 10.6 Å². The number of rotatable bonds is 7. The lowest BCUT2D eigenvalue weighted by atomic mass is 10.1. The Morgan fingerprint density at radius 3 is 1.88 bits per heavy atom. The van der Waals surface area contributed by atoms with E-state index in [1.807, 2.05) is 13.8 Å². The van der Waals surface area contributed by atoms with Crippen LogP contribution in [0.15, 0.2) is 18.2 Å². The molecule has 1 aromatic rings. The molecule has 0 saturated heterocycles. The zero-order valence-electron chi connectivity index (χ0n) is 14.5. The predicted molar refractivity (Wildman–Crippen MR) is 90.7 cm³/mol. The van der Waals surface area contributed by atoms with Gasteiger partial charge in [-0.25, -0.2) is 9.59 Å². The molecule has 0 aliphatic rings. The number of amides is 1. The number of carboxylic acids is 2. The van der Waals surface area contributed by atoms with E-state index in [1.165, 1.54) is 18.2 Å². The van der Waals surface area contributed by atoms with Gasteiger partial charge >= 0.3 is 11.9 Å². The molecular weight excluding hydrogens is 348 g/mol. The minimum absolute atomic E-state index is 0.00903. The van der Waals surface area contributed by atoms with Crippen molar-refractivity contribution in [2.45, 2.75) is 20.0 Å². The molecule has 0 aromatic heterocycles. The predicted octanol–water partition coefficient (Wildman–Crippen LogP) is -0.351. The Bertz CT molecular complexity index is 586. The van der Waals surface area contributed by atoms with Crippen molar-refractivity contribution in [3.05, 3.63) is 23.8 Å². The molecule has 0 aliphatic heterocycles. The fraction of sp³-hybridized carbons (Fsp3) is 0.438. The molecule has 10 heteroatoms. The van der Waals surface area contributed by atoms with Crippen molar-refractivity contribution in [1.29, 1.82) is 0 Å². The molecule has 0 bridgehead atoms. The third kappa shape index (κ3) is 10.1. The summed E-state index contributed by atoms with van der Waals surface area (Å²) < 4.78 is 0. The molecular formula is C16H24N2O8. The minimum Gasteiger partial charge on any atom is -0.508 e. The zero-order chi connectivity index (χ0) is 20.3. The highest BCUT2D eigenvalue weighted by atomic mass is 16.4. The van der Waals surface area contributed by atoms with E-state index in [0.29, 0.717) is 18.7 Å². The largest absolute Gasteiger partial charge is 0.508 e. The van der Waals surface area contributed by atoms with E-state index in [1.54, 1.807) is 0 Å². The van der Waals surface area contributed by atoms with Crippen molar-refractivity contribution < 1.29 is 39.9 Å². The maximum absolute atomic E-state index is 11.3. The summed E-state index contributed by atoms with van der Waals surface area (Å²) in [5.74, 6) is -3.89. The summed E-state index contributed by atoms with van der Waals surface area (Å²) in [6, 6.07) is 3.99. The van der Waals surface area contributed by atoms with Crippen LogP contribution in [0.4, 0.5) is 0 Å². The molecule has 1 amide bonds. The summed E-state index contributed by atoms with van der Waals surface area (Å²) >= 11 is 0. The Hall–Kier alpha value is -2.85. The molecule has 1 unspecified atom stereocenters.